The number of amides is 2. The van der Waals surface area contributed by atoms with E-state index in [9.17, 15) is 19.5 Å². The van der Waals surface area contributed by atoms with Gasteiger partial charge in [-0.1, -0.05) is 25.1 Å². The minimum absolute atomic E-state index is 0.0801. The molecule has 0 fully saturated rings. The van der Waals surface area contributed by atoms with Crippen LogP contribution in [0.4, 0.5) is 0 Å². The molecule has 0 aromatic heterocycles. The predicted octanol–water partition coefficient (Wildman–Crippen LogP) is 1.88. The van der Waals surface area contributed by atoms with Crippen LogP contribution < -0.4 is 0 Å². The van der Waals surface area contributed by atoms with Gasteiger partial charge in [0.25, 0.3) is 5.91 Å². The standard InChI is InChI=1S/C14H17NO4S/c1-3-12(16)15(11(9-20-2)14(18)19)13(17)10-7-5-4-6-8-10/h4-8,11H,3,9H2,1-2H3,(H,18,19)/t11-/m0/s1. The zero-order valence-electron chi connectivity index (χ0n) is 11.4. The summed E-state index contributed by atoms with van der Waals surface area (Å²) in [4.78, 5) is 36.6. The maximum atomic E-state index is 12.4. The topological polar surface area (TPSA) is 74.7 Å². The van der Waals surface area contributed by atoms with E-state index in [-0.39, 0.29) is 12.2 Å². The van der Waals surface area contributed by atoms with Crippen LogP contribution in [0.3, 0.4) is 0 Å². The molecule has 5 nitrogen and oxygen atoms in total. The van der Waals surface area contributed by atoms with Gasteiger partial charge in [0.15, 0.2) is 0 Å². The van der Waals surface area contributed by atoms with Gasteiger partial charge in [0, 0.05) is 17.7 Å². The van der Waals surface area contributed by atoms with E-state index in [1.54, 1.807) is 43.5 Å². The molecule has 1 rings (SSSR count). The number of hydrogen-bond acceptors (Lipinski definition) is 4. The maximum absolute atomic E-state index is 12.4. The van der Waals surface area contributed by atoms with Gasteiger partial charge in [0.05, 0.1) is 0 Å². The fourth-order valence-corrected chi connectivity index (χ4v) is 2.34. The quantitative estimate of drug-likeness (QED) is 0.867. The summed E-state index contributed by atoms with van der Waals surface area (Å²) in [5.41, 5.74) is 0.307. The first-order chi connectivity index (χ1) is 9.52. The van der Waals surface area contributed by atoms with Gasteiger partial charge in [-0.3, -0.25) is 14.5 Å². The summed E-state index contributed by atoms with van der Waals surface area (Å²) in [6.45, 7) is 1.60. The SMILES string of the molecule is CCC(=O)N(C(=O)c1ccccc1)[C@@H](CSC)C(=O)O. The summed E-state index contributed by atoms with van der Waals surface area (Å²) in [6, 6.07) is 7.08. The van der Waals surface area contributed by atoms with Crippen LogP contribution in [-0.4, -0.2) is 45.8 Å². The van der Waals surface area contributed by atoms with E-state index in [1.807, 2.05) is 0 Å². The van der Waals surface area contributed by atoms with Crippen LogP contribution in [-0.2, 0) is 9.59 Å². The molecule has 1 aromatic carbocycles. The number of carbonyl (C=O) groups is 3. The molecule has 0 aliphatic rings. The Balaban J connectivity index is 3.14. The van der Waals surface area contributed by atoms with Crippen molar-refractivity contribution in [2.45, 2.75) is 19.4 Å². The van der Waals surface area contributed by atoms with Crippen LogP contribution in [0.5, 0.6) is 0 Å². The third-order valence-corrected chi connectivity index (χ3v) is 3.38. The number of carboxylic acid groups (broad SMARTS) is 1. The van der Waals surface area contributed by atoms with Crippen LogP contribution in [0.15, 0.2) is 30.3 Å². The van der Waals surface area contributed by atoms with E-state index in [4.69, 9.17) is 0 Å². The zero-order chi connectivity index (χ0) is 15.1. The summed E-state index contributed by atoms with van der Waals surface area (Å²) in [5.74, 6) is -2.07. The van der Waals surface area contributed by atoms with E-state index in [0.717, 1.165) is 4.90 Å². The van der Waals surface area contributed by atoms with Crippen molar-refractivity contribution < 1.29 is 19.5 Å². The first-order valence-electron chi connectivity index (χ1n) is 6.16. The summed E-state index contributed by atoms with van der Waals surface area (Å²) in [6.07, 6.45) is 1.81. The number of rotatable bonds is 6. The summed E-state index contributed by atoms with van der Waals surface area (Å²) < 4.78 is 0. The Hall–Kier alpha value is -1.82. The number of carbonyl (C=O) groups excluding carboxylic acids is 2. The predicted molar refractivity (Wildman–Crippen MR) is 77.7 cm³/mol. The van der Waals surface area contributed by atoms with Crippen LogP contribution in [0, 0.1) is 0 Å². The number of aliphatic carboxylic acids is 1. The zero-order valence-corrected chi connectivity index (χ0v) is 12.2. The molecule has 0 aliphatic carbocycles. The Bertz CT molecular complexity index is 489. The number of nitrogens with zero attached hydrogens (tertiary/aromatic N) is 1. The highest BCUT2D eigenvalue weighted by molar-refractivity contribution is 7.98. The van der Waals surface area contributed by atoms with Crippen LogP contribution >= 0.6 is 11.8 Å². The molecular weight excluding hydrogens is 278 g/mol. The average Bonchev–Trinajstić information content (AvgIpc) is 2.46. The van der Waals surface area contributed by atoms with Crippen LogP contribution in [0.2, 0.25) is 0 Å². The van der Waals surface area contributed by atoms with Crippen molar-refractivity contribution >= 4 is 29.5 Å². The molecule has 6 heteroatoms. The molecule has 20 heavy (non-hydrogen) atoms. The molecular formula is C14H17NO4S. The maximum Gasteiger partial charge on any atom is 0.327 e. The lowest BCUT2D eigenvalue weighted by atomic mass is 10.1. The Morgan fingerprint density at radius 3 is 2.30 bits per heavy atom. The van der Waals surface area contributed by atoms with E-state index in [0.29, 0.717) is 5.56 Å². The lowest BCUT2D eigenvalue weighted by molar-refractivity contribution is -0.146. The second-order valence-electron chi connectivity index (χ2n) is 4.10. The average molecular weight is 295 g/mol. The van der Waals surface area contributed by atoms with Gasteiger partial charge in [0.2, 0.25) is 5.91 Å². The van der Waals surface area contributed by atoms with Crippen molar-refractivity contribution in [3.05, 3.63) is 35.9 Å². The van der Waals surface area contributed by atoms with E-state index in [1.165, 1.54) is 11.8 Å². The van der Waals surface area contributed by atoms with Gasteiger partial charge in [-0.05, 0) is 18.4 Å². The Kier molecular flexibility index (Phi) is 6.24. The first kappa shape index (κ1) is 16.2. The minimum atomic E-state index is -1.18. The van der Waals surface area contributed by atoms with Gasteiger partial charge in [0.1, 0.15) is 6.04 Å². The smallest absolute Gasteiger partial charge is 0.327 e. The molecule has 0 aliphatic heterocycles. The van der Waals surface area contributed by atoms with E-state index < -0.39 is 23.8 Å². The third kappa shape index (κ3) is 3.84. The largest absolute Gasteiger partial charge is 0.480 e. The number of carboxylic acids is 1. The first-order valence-corrected chi connectivity index (χ1v) is 7.55. The Morgan fingerprint density at radius 2 is 1.85 bits per heavy atom. The summed E-state index contributed by atoms with van der Waals surface area (Å²) in [7, 11) is 0. The second kappa shape index (κ2) is 7.69. The van der Waals surface area contributed by atoms with Gasteiger partial charge in [-0.2, -0.15) is 11.8 Å². The van der Waals surface area contributed by atoms with Gasteiger partial charge in [-0.15, -0.1) is 0 Å². The molecule has 0 saturated carbocycles. The molecule has 0 heterocycles. The van der Waals surface area contributed by atoms with Crippen molar-refractivity contribution in [2.75, 3.05) is 12.0 Å². The Labute approximate surface area is 122 Å². The van der Waals surface area contributed by atoms with Gasteiger partial charge >= 0.3 is 5.97 Å². The number of hydrogen-bond donors (Lipinski definition) is 1. The molecule has 2 amide bonds. The van der Waals surface area contributed by atoms with E-state index in [2.05, 4.69) is 0 Å². The van der Waals surface area contributed by atoms with Crippen molar-refractivity contribution in [3.8, 4) is 0 Å². The number of benzene rings is 1. The van der Waals surface area contributed by atoms with Gasteiger partial charge < -0.3 is 5.11 Å². The molecule has 0 saturated heterocycles. The summed E-state index contributed by atoms with van der Waals surface area (Å²) in [5, 5.41) is 9.26. The van der Waals surface area contributed by atoms with Crippen molar-refractivity contribution in [2.24, 2.45) is 0 Å². The fraction of sp³-hybridized carbons (Fsp3) is 0.357. The fourth-order valence-electron chi connectivity index (χ4n) is 1.73. The lowest BCUT2D eigenvalue weighted by Crippen LogP contribution is -2.49. The number of imide groups is 1. The molecule has 0 spiro atoms. The molecule has 1 aromatic rings. The second-order valence-corrected chi connectivity index (χ2v) is 5.01. The monoisotopic (exact) mass is 295 g/mol. The highest BCUT2D eigenvalue weighted by Crippen LogP contribution is 2.14. The van der Waals surface area contributed by atoms with Gasteiger partial charge in [-0.25, -0.2) is 4.79 Å². The highest BCUT2D eigenvalue weighted by atomic mass is 32.2. The lowest BCUT2D eigenvalue weighted by Gasteiger charge is -2.26. The highest BCUT2D eigenvalue weighted by Gasteiger charge is 2.34. The van der Waals surface area contributed by atoms with E-state index >= 15 is 0 Å². The molecule has 0 bridgehead atoms. The summed E-state index contributed by atoms with van der Waals surface area (Å²) >= 11 is 1.28. The minimum Gasteiger partial charge on any atom is -0.480 e. The van der Waals surface area contributed by atoms with Crippen LogP contribution in [0.25, 0.3) is 0 Å². The van der Waals surface area contributed by atoms with Crippen molar-refractivity contribution in [1.29, 1.82) is 0 Å². The molecule has 1 atom stereocenters. The number of thioether (sulfide) groups is 1. The molecule has 1 N–H and O–H groups in total. The molecule has 0 unspecified atom stereocenters. The molecule has 0 radical (unpaired) electrons. The molecule has 108 valence electrons. The normalized spacial score (nSPS) is 11.7. The third-order valence-electron chi connectivity index (χ3n) is 2.73. The van der Waals surface area contributed by atoms with Crippen molar-refractivity contribution in [3.63, 3.8) is 0 Å². The van der Waals surface area contributed by atoms with Crippen molar-refractivity contribution in [1.82, 2.24) is 4.90 Å². The van der Waals surface area contributed by atoms with Crippen LogP contribution in [0.1, 0.15) is 23.7 Å². The Morgan fingerprint density at radius 1 is 1.25 bits per heavy atom.